The SMILES string of the molecule is C[C@@H](c1cc(C(F)(F)F)cc(C(F)(F)F)c1)N(C)C(=O)[C@H]1CCNC[C@H]1c1ccccc1.Cl. The molecule has 0 bridgehead atoms. The predicted molar refractivity (Wildman–Crippen MR) is 115 cm³/mol. The van der Waals surface area contributed by atoms with E-state index in [1.54, 1.807) is 0 Å². The van der Waals surface area contributed by atoms with Crippen molar-refractivity contribution in [3.8, 4) is 0 Å². The lowest BCUT2D eigenvalue weighted by Gasteiger charge is -2.36. The van der Waals surface area contributed by atoms with Gasteiger partial charge in [-0.05, 0) is 49.2 Å². The summed E-state index contributed by atoms with van der Waals surface area (Å²) in [6.45, 7) is 2.60. The molecule has 3 atom stereocenters. The second-order valence-electron chi connectivity index (χ2n) is 8.08. The van der Waals surface area contributed by atoms with Gasteiger partial charge in [0.1, 0.15) is 0 Å². The molecule has 10 heteroatoms. The van der Waals surface area contributed by atoms with Crippen LogP contribution < -0.4 is 5.32 Å². The standard InChI is InChI=1S/C23H24F6N2O.ClH/c1-14(16-10-17(22(24,25)26)12-18(11-16)23(27,28)29)31(2)21(32)19-8-9-30-13-20(19)15-6-4-3-5-7-15;/h3-7,10-12,14,19-20,30H,8-9,13H2,1-2H3;1H/t14-,19-,20-;/m0./s1. The molecule has 1 aliphatic heterocycles. The van der Waals surface area contributed by atoms with Crippen LogP contribution in [0.25, 0.3) is 0 Å². The van der Waals surface area contributed by atoms with Gasteiger partial charge < -0.3 is 10.2 Å². The molecule has 3 nitrogen and oxygen atoms in total. The van der Waals surface area contributed by atoms with Crippen LogP contribution in [0.2, 0.25) is 0 Å². The predicted octanol–water partition coefficient (Wildman–Crippen LogP) is 6.06. The van der Waals surface area contributed by atoms with Gasteiger partial charge in [-0.15, -0.1) is 12.4 Å². The van der Waals surface area contributed by atoms with Crippen LogP contribution in [0.5, 0.6) is 0 Å². The lowest BCUT2D eigenvalue weighted by Crippen LogP contribution is -2.44. The molecule has 33 heavy (non-hydrogen) atoms. The third-order valence-electron chi connectivity index (χ3n) is 6.05. The van der Waals surface area contributed by atoms with Gasteiger partial charge in [-0.25, -0.2) is 0 Å². The molecule has 1 heterocycles. The molecule has 0 radical (unpaired) electrons. The van der Waals surface area contributed by atoms with Crippen molar-refractivity contribution >= 4 is 18.3 Å². The van der Waals surface area contributed by atoms with E-state index in [4.69, 9.17) is 0 Å². The van der Waals surface area contributed by atoms with E-state index in [9.17, 15) is 31.1 Å². The number of amides is 1. The minimum Gasteiger partial charge on any atom is -0.339 e. The fourth-order valence-electron chi connectivity index (χ4n) is 4.10. The maximum absolute atomic E-state index is 13.3. The van der Waals surface area contributed by atoms with Crippen molar-refractivity contribution in [2.24, 2.45) is 5.92 Å². The number of hydrogen-bond donors (Lipinski definition) is 1. The molecular weight excluding hydrogens is 470 g/mol. The summed E-state index contributed by atoms with van der Waals surface area (Å²) < 4.78 is 79.4. The Balaban J connectivity index is 0.00000385. The van der Waals surface area contributed by atoms with E-state index < -0.39 is 35.4 Å². The van der Waals surface area contributed by atoms with E-state index in [1.807, 2.05) is 30.3 Å². The molecule has 2 aromatic rings. The highest BCUT2D eigenvalue weighted by Crippen LogP contribution is 2.39. The minimum absolute atomic E-state index is 0. The average molecular weight is 495 g/mol. The third-order valence-corrected chi connectivity index (χ3v) is 6.05. The highest BCUT2D eigenvalue weighted by atomic mass is 35.5. The number of piperidine rings is 1. The zero-order chi connectivity index (χ0) is 23.7. The zero-order valence-electron chi connectivity index (χ0n) is 18.0. The van der Waals surface area contributed by atoms with Crippen LogP contribution >= 0.6 is 12.4 Å². The highest BCUT2D eigenvalue weighted by Gasteiger charge is 2.39. The Labute approximate surface area is 194 Å². The van der Waals surface area contributed by atoms with Crippen LogP contribution in [-0.4, -0.2) is 30.9 Å². The summed E-state index contributed by atoms with van der Waals surface area (Å²) in [7, 11) is 1.42. The number of hydrogen-bond acceptors (Lipinski definition) is 2. The Morgan fingerprint density at radius 2 is 1.55 bits per heavy atom. The first-order valence-corrected chi connectivity index (χ1v) is 10.2. The van der Waals surface area contributed by atoms with Gasteiger partial charge in [-0.3, -0.25) is 4.79 Å². The van der Waals surface area contributed by atoms with E-state index in [0.29, 0.717) is 31.6 Å². The molecule has 182 valence electrons. The van der Waals surface area contributed by atoms with E-state index in [2.05, 4.69) is 5.32 Å². The zero-order valence-corrected chi connectivity index (χ0v) is 18.8. The lowest BCUT2D eigenvalue weighted by atomic mass is 9.80. The Kier molecular flexibility index (Phi) is 8.46. The smallest absolute Gasteiger partial charge is 0.339 e. The van der Waals surface area contributed by atoms with Gasteiger partial charge in [-0.1, -0.05) is 30.3 Å². The van der Waals surface area contributed by atoms with Crippen molar-refractivity contribution in [2.45, 2.75) is 37.7 Å². The van der Waals surface area contributed by atoms with Crippen LogP contribution in [0.1, 0.15) is 47.6 Å². The van der Waals surface area contributed by atoms with Gasteiger partial charge in [0.2, 0.25) is 5.91 Å². The second kappa shape index (κ2) is 10.3. The number of carbonyl (C=O) groups excluding carboxylic acids is 1. The van der Waals surface area contributed by atoms with Crippen LogP contribution in [0.4, 0.5) is 26.3 Å². The fraction of sp³-hybridized carbons (Fsp3) is 0.435. The lowest BCUT2D eigenvalue weighted by molar-refractivity contribution is -0.143. The van der Waals surface area contributed by atoms with Gasteiger partial charge in [0.15, 0.2) is 0 Å². The second-order valence-corrected chi connectivity index (χ2v) is 8.08. The molecule has 2 aromatic carbocycles. The Morgan fingerprint density at radius 1 is 1.00 bits per heavy atom. The van der Waals surface area contributed by atoms with Crippen LogP contribution in [0.15, 0.2) is 48.5 Å². The van der Waals surface area contributed by atoms with E-state index in [0.717, 1.165) is 5.56 Å². The largest absolute Gasteiger partial charge is 0.416 e. The first-order valence-electron chi connectivity index (χ1n) is 10.2. The summed E-state index contributed by atoms with van der Waals surface area (Å²) in [5.41, 5.74) is -2.04. The van der Waals surface area contributed by atoms with Crippen molar-refractivity contribution in [3.05, 3.63) is 70.8 Å². The molecule has 1 fully saturated rings. The molecule has 0 aromatic heterocycles. The van der Waals surface area contributed by atoms with Crippen molar-refractivity contribution < 1.29 is 31.1 Å². The Morgan fingerprint density at radius 3 is 2.06 bits per heavy atom. The molecule has 3 rings (SSSR count). The van der Waals surface area contributed by atoms with Crippen molar-refractivity contribution in [1.29, 1.82) is 0 Å². The summed E-state index contributed by atoms with van der Waals surface area (Å²) in [5.74, 6) is -0.878. The van der Waals surface area contributed by atoms with E-state index in [1.165, 1.54) is 18.9 Å². The molecule has 0 aliphatic carbocycles. The maximum atomic E-state index is 13.3. The quantitative estimate of drug-likeness (QED) is 0.524. The summed E-state index contributed by atoms with van der Waals surface area (Å²) >= 11 is 0. The first-order chi connectivity index (χ1) is 14.9. The minimum atomic E-state index is -4.94. The third kappa shape index (κ3) is 6.20. The van der Waals surface area contributed by atoms with E-state index in [-0.39, 0.29) is 35.9 Å². The summed E-state index contributed by atoms with van der Waals surface area (Å²) in [4.78, 5) is 14.6. The van der Waals surface area contributed by atoms with Crippen molar-refractivity contribution in [3.63, 3.8) is 0 Å². The monoisotopic (exact) mass is 494 g/mol. The van der Waals surface area contributed by atoms with E-state index >= 15 is 0 Å². The molecule has 0 saturated carbocycles. The number of nitrogens with one attached hydrogen (secondary N) is 1. The number of benzene rings is 2. The van der Waals surface area contributed by atoms with Crippen LogP contribution in [0, 0.1) is 5.92 Å². The van der Waals surface area contributed by atoms with Gasteiger partial charge in [0, 0.05) is 25.4 Å². The molecule has 1 aliphatic rings. The van der Waals surface area contributed by atoms with Gasteiger partial charge >= 0.3 is 12.4 Å². The number of rotatable bonds is 4. The van der Waals surface area contributed by atoms with Crippen LogP contribution in [0.3, 0.4) is 0 Å². The molecule has 0 spiro atoms. The summed E-state index contributed by atoms with van der Waals surface area (Å²) in [6.07, 6.45) is -9.36. The van der Waals surface area contributed by atoms with Crippen molar-refractivity contribution in [1.82, 2.24) is 10.2 Å². The van der Waals surface area contributed by atoms with Gasteiger partial charge in [0.25, 0.3) is 0 Å². The topological polar surface area (TPSA) is 32.3 Å². The number of halogens is 7. The maximum Gasteiger partial charge on any atom is 0.416 e. The number of carbonyl (C=O) groups is 1. The summed E-state index contributed by atoms with van der Waals surface area (Å²) in [5, 5.41) is 3.25. The van der Waals surface area contributed by atoms with Crippen LogP contribution in [-0.2, 0) is 17.1 Å². The highest BCUT2D eigenvalue weighted by molar-refractivity contribution is 5.85. The molecule has 0 unspecified atom stereocenters. The summed E-state index contributed by atoms with van der Waals surface area (Å²) in [6, 6.07) is 9.87. The molecule has 1 amide bonds. The van der Waals surface area contributed by atoms with Gasteiger partial charge in [0.05, 0.1) is 17.2 Å². The average Bonchev–Trinajstić information content (AvgIpc) is 2.76. The fourth-order valence-corrected chi connectivity index (χ4v) is 4.10. The molecule has 1 N–H and O–H groups in total. The number of alkyl halides is 6. The normalized spacial score (nSPS) is 20.0. The molecular formula is C23H25ClF6N2O. The Hall–Kier alpha value is -2.26. The molecule has 1 saturated heterocycles. The van der Waals surface area contributed by atoms with Gasteiger partial charge in [-0.2, -0.15) is 26.3 Å². The Bertz CT molecular complexity index is 916. The van der Waals surface area contributed by atoms with Crippen molar-refractivity contribution in [2.75, 3.05) is 20.1 Å². The number of nitrogens with zero attached hydrogens (tertiary/aromatic N) is 1. The first kappa shape index (κ1) is 27.0.